The first-order valence-electron chi connectivity index (χ1n) is 7.69. The van der Waals surface area contributed by atoms with E-state index in [2.05, 4.69) is 15.6 Å². The molecule has 1 atom stereocenters. The first-order chi connectivity index (χ1) is 11.6. The van der Waals surface area contributed by atoms with Crippen molar-refractivity contribution in [1.82, 2.24) is 4.98 Å². The fourth-order valence-electron chi connectivity index (χ4n) is 2.49. The number of rotatable bonds is 5. The summed E-state index contributed by atoms with van der Waals surface area (Å²) in [6.07, 6.45) is 5.54. The van der Waals surface area contributed by atoms with Gasteiger partial charge in [0.15, 0.2) is 0 Å². The van der Waals surface area contributed by atoms with Gasteiger partial charge in [0, 0.05) is 30.6 Å². The van der Waals surface area contributed by atoms with E-state index in [1.807, 2.05) is 0 Å². The third-order valence-electron chi connectivity index (χ3n) is 3.73. The first-order valence-corrected chi connectivity index (χ1v) is 8.44. The van der Waals surface area contributed by atoms with Crippen LogP contribution >= 0.6 is 23.2 Å². The van der Waals surface area contributed by atoms with Gasteiger partial charge >= 0.3 is 0 Å². The lowest BCUT2D eigenvalue weighted by Crippen LogP contribution is -2.19. The molecule has 0 saturated carbocycles. The molecule has 5 nitrogen and oxygen atoms in total. The Bertz CT molecular complexity index is 734. The first kappa shape index (κ1) is 17.0. The number of benzene rings is 1. The van der Waals surface area contributed by atoms with E-state index in [1.165, 1.54) is 6.20 Å². The quantitative estimate of drug-likeness (QED) is 0.831. The number of carbonyl (C=O) groups is 1. The zero-order valence-corrected chi connectivity index (χ0v) is 14.4. The van der Waals surface area contributed by atoms with E-state index >= 15 is 0 Å². The lowest BCUT2D eigenvalue weighted by atomic mass is 10.2. The largest absolute Gasteiger partial charge is 0.381 e. The van der Waals surface area contributed by atoms with E-state index in [-0.39, 0.29) is 12.0 Å². The van der Waals surface area contributed by atoms with Crippen molar-refractivity contribution in [2.24, 2.45) is 0 Å². The molecule has 7 heteroatoms. The molecule has 24 heavy (non-hydrogen) atoms. The second-order valence-corrected chi connectivity index (χ2v) is 6.40. The molecule has 1 amide bonds. The van der Waals surface area contributed by atoms with E-state index in [4.69, 9.17) is 27.9 Å². The van der Waals surface area contributed by atoms with Crippen molar-refractivity contribution in [2.75, 3.05) is 23.8 Å². The third-order valence-corrected chi connectivity index (χ3v) is 4.30. The van der Waals surface area contributed by atoms with Gasteiger partial charge in [0.2, 0.25) is 0 Å². The highest BCUT2D eigenvalue weighted by Gasteiger charge is 2.15. The number of nitrogens with zero attached hydrogens (tertiary/aromatic N) is 1. The Kier molecular flexibility index (Phi) is 5.56. The van der Waals surface area contributed by atoms with Crippen molar-refractivity contribution in [3.63, 3.8) is 0 Å². The molecule has 0 radical (unpaired) electrons. The molecule has 0 aliphatic carbocycles. The lowest BCUT2D eigenvalue weighted by molar-refractivity contribution is 0.102. The molecule has 126 valence electrons. The van der Waals surface area contributed by atoms with Crippen LogP contribution < -0.4 is 10.6 Å². The summed E-state index contributed by atoms with van der Waals surface area (Å²) in [4.78, 5) is 16.5. The maximum atomic E-state index is 12.4. The van der Waals surface area contributed by atoms with Crippen LogP contribution in [-0.4, -0.2) is 30.1 Å². The minimum absolute atomic E-state index is 0.216. The van der Waals surface area contributed by atoms with E-state index in [0.717, 1.165) is 25.1 Å². The van der Waals surface area contributed by atoms with Crippen LogP contribution in [0, 0.1) is 0 Å². The van der Waals surface area contributed by atoms with Gasteiger partial charge < -0.3 is 15.4 Å². The maximum absolute atomic E-state index is 12.4. The van der Waals surface area contributed by atoms with Crippen LogP contribution in [-0.2, 0) is 4.74 Å². The van der Waals surface area contributed by atoms with Crippen LogP contribution in [0.15, 0.2) is 36.7 Å². The minimum atomic E-state index is -0.299. The van der Waals surface area contributed by atoms with Crippen LogP contribution in [0.5, 0.6) is 0 Å². The molecule has 0 bridgehead atoms. The highest BCUT2D eigenvalue weighted by atomic mass is 35.5. The molecule has 3 rings (SSSR count). The topological polar surface area (TPSA) is 63.2 Å². The molecule has 1 aromatic carbocycles. The fourth-order valence-corrected chi connectivity index (χ4v) is 2.82. The molecule has 1 aliphatic rings. The van der Waals surface area contributed by atoms with Gasteiger partial charge in [-0.2, -0.15) is 0 Å². The fraction of sp³-hybridized carbons (Fsp3) is 0.294. The number of nitrogens with one attached hydrogen (secondary N) is 2. The van der Waals surface area contributed by atoms with Crippen LogP contribution in [0.3, 0.4) is 0 Å². The van der Waals surface area contributed by atoms with Crippen molar-refractivity contribution in [2.45, 2.75) is 18.9 Å². The number of carbonyl (C=O) groups excluding carboxylic acids is 1. The Balaban J connectivity index is 1.66. The maximum Gasteiger partial charge on any atom is 0.257 e. The van der Waals surface area contributed by atoms with Gasteiger partial charge in [-0.15, -0.1) is 0 Å². The van der Waals surface area contributed by atoms with E-state index < -0.39 is 0 Å². The van der Waals surface area contributed by atoms with E-state index in [0.29, 0.717) is 27.8 Å². The normalized spacial score (nSPS) is 16.8. The Morgan fingerprint density at radius 2 is 2.17 bits per heavy atom. The number of amides is 1. The average Bonchev–Trinajstić information content (AvgIpc) is 3.10. The Morgan fingerprint density at radius 1 is 1.29 bits per heavy atom. The van der Waals surface area contributed by atoms with Gasteiger partial charge in [-0.25, -0.2) is 0 Å². The minimum Gasteiger partial charge on any atom is -0.381 e. The Morgan fingerprint density at radius 3 is 2.96 bits per heavy atom. The highest BCUT2D eigenvalue weighted by Crippen LogP contribution is 2.26. The van der Waals surface area contributed by atoms with E-state index in [1.54, 1.807) is 30.5 Å². The van der Waals surface area contributed by atoms with Crippen LogP contribution in [0.1, 0.15) is 23.2 Å². The van der Waals surface area contributed by atoms with Crippen LogP contribution in [0.2, 0.25) is 10.0 Å². The summed E-state index contributed by atoms with van der Waals surface area (Å²) in [7, 11) is 0. The van der Waals surface area contributed by atoms with Gasteiger partial charge in [-0.1, -0.05) is 23.2 Å². The van der Waals surface area contributed by atoms with Crippen molar-refractivity contribution >= 4 is 40.5 Å². The number of pyridine rings is 1. The molecule has 1 saturated heterocycles. The summed E-state index contributed by atoms with van der Waals surface area (Å²) in [5, 5.41) is 6.92. The van der Waals surface area contributed by atoms with Crippen molar-refractivity contribution in [1.29, 1.82) is 0 Å². The highest BCUT2D eigenvalue weighted by molar-refractivity contribution is 6.35. The summed E-state index contributed by atoms with van der Waals surface area (Å²) in [5.74, 6) is -0.299. The third kappa shape index (κ3) is 4.38. The predicted octanol–water partition coefficient (Wildman–Crippen LogP) is 4.23. The second kappa shape index (κ2) is 7.83. The molecule has 2 aromatic rings. The average molecular weight is 366 g/mol. The summed E-state index contributed by atoms with van der Waals surface area (Å²) in [6.45, 7) is 1.51. The molecular formula is C17H17Cl2N3O2. The number of ether oxygens (including phenoxy) is 1. The lowest BCUT2D eigenvalue weighted by Gasteiger charge is -2.12. The Labute approximate surface area is 150 Å². The van der Waals surface area contributed by atoms with Crippen molar-refractivity contribution < 1.29 is 9.53 Å². The number of anilines is 2. The SMILES string of the molecule is O=C(Nc1cc(Cl)ccc1Cl)c1cncc(NCC2CCCO2)c1. The summed E-state index contributed by atoms with van der Waals surface area (Å²) in [5.41, 5.74) is 1.67. The molecule has 1 aromatic heterocycles. The van der Waals surface area contributed by atoms with Crippen LogP contribution in [0.4, 0.5) is 11.4 Å². The standard InChI is InChI=1S/C17H17Cl2N3O2/c18-12-3-4-15(19)16(7-12)22-17(23)11-6-13(9-20-8-11)21-10-14-2-1-5-24-14/h3-4,6-9,14,21H,1-2,5,10H2,(H,22,23). The van der Waals surface area contributed by atoms with E-state index in [9.17, 15) is 4.79 Å². The smallest absolute Gasteiger partial charge is 0.257 e. The monoisotopic (exact) mass is 365 g/mol. The van der Waals surface area contributed by atoms with Gasteiger partial charge in [0.25, 0.3) is 5.91 Å². The van der Waals surface area contributed by atoms with Gasteiger partial charge in [-0.05, 0) is 37.1 Å². The number of halogens is 2. The molecule has 2 N–H and O–H groups in total. The molecule has 0 spiro atoms. The molecular weight excluding hydrogens is 349 g/mol. The second-order valence-electron chi connectivity index (χ2n) is 5.56. The van der Waals surface area contributed by atoms with Gasteiger partial charge in [0.1, 0.15) is 0 Å². The number of hydrogen-bond donors (Lipinski definition) is 2. The summed E-state index contributed by atoms with van der Waals surface area (Å²) in [6, 6.07) is 6.65. The van der Waals surface area contributed by atoms with Crippen molar-refractivity contribution in [3.8, 4) is 0 Å². The van der Waals surface area contributed by atoms with Crippen molar-refractivity contribution in [3.05, 3.63) is 52.3 Å². The summed E-state index contributed by atoms with van der Waals surface area (Å²) >= 11 is 12.0. The molecule has 2 heterocycles. The zero-order chi connectivity index (χ0) is 16.9. The van der Waals surface area contributed by atoms with Crippen LogP contribution in [0.25, 0.3) is 0 Å². The predicted molar refractivity (Wildman–Crippen MR) is 96.1 cm³/mol. The van der Waals surface area contributed by atoms with Gasteiger partial charge in [0.05, 0.1) is 28.1 Å². The molecule has 1 fully saturated rings. The zero-order valence-electron chi connectivity index (χ0n) is 12.9. The van der Waals surface area contributed by atoms with Gasteiger partial charge in [-0.3, -0.25) is 9.78 Å². The number of aromatic nitrogens is 1. The molecule has 1 aliphatic heterocycles. The molecule has 1 unspecified atom stereocenters. The Hall–Kier alpha value is -1.82. The number of hydrogen-bond acceptors (Lipinski definition) is 4. The summed E-state index contributed by atoms with van der Waals surface area (Å²) < 4.78 is 5.57.